The molecule has 1 atom stereocenters. The Hall–Kier alpha value is -3.14. The Kier molecular flexibility index (Phi) is 5.89. The molecule has 4 aliphatic rings. The van der Waals surface area contributed by atoms with Gasteiger partial charge in [-0.25, -0.2) is 18.2 Å². The summed E-state index contributed by atoms with van der Waals surface area (Å²) in [4.78, 5) is 35.8. The van der Waals surface area contributed by atoms with E-state index in [1.54, 1.807) is 11.0 Å². The molecule has 2 saturated heterocycles. The van der Waals surface area contributed by atoms with Gasteiger partial charge in [0.25, 0.3) is 5.91 Å². The van der Waals surface area contributed by atoms with Crippen LogP contribution in [0.4, 0.5) is 16.3 Å². The predicted octanol–water partition coefficient (Wildman–Crippen LogP) is 3.55. The molecule has 1 aromatic heterocycles. The van der Waals surface area contributed by atoms with Crippen molar-refractivity contribution >= 4 is 33.3 Å². The monoisotopic (exact) mass is 524 g/mol. The van der Waals surface area contributed by atoms with E-state index in [-0.39, 0.29) is 29.0 Å². The lowest BCUT2D eigenvalue weighted by atomic mass is 10.1. The minimum Gasteiger partial charge on any atom is -0.447 e. The molecule has 0 radical (unpaired) electrons. The Morgan fingerprint density at radius 3 is 2.32 bits per heavy atom. The first-order valence-corrected chi connectivity index (χ1v) is 14.9. The SMILES string of the molecule is CC1COC(=O)N1c1ccc(C(=O)N2CCN(c3ncc(C4CC4)cc3C3CC3)CC2)c(S(C)(=O)=O)c1. The van der Waals surface area contributed by atoms with E-state index in [0.717, 1.165) is 12.1 Å². The second-order valence-corrected chi connectivity index (χ2v) is 12.7. The minimum atomic E-state index is -3.72. The molecule has 2 aromatic rings. The van der Waals surface area contributed by atoms with Crippen LogP contribution < -0.4 is 9.80 Å². The normalized spacial score (nSPS) is 22.4. The number of anilines is 2. The number of benzene rings is 1. The summed E-state index contributed by atoms with van der Waals surface area (Å²) >= 11 is 0. The summed E-state index contributed by atoms with van der Waals surface area (Å²) in [6, 6.07) is 6.68. The molecule has 4 fully saturated rings. The quantitative estimate of drug-likeness (QED) is 0.570. The van der Waals surface area contributed by atoms with E-state index in [4.69, 9.17) is 9.72 Å². The van der Waals surface area contributed by atoms with Crippen LogP contribution in [-0.4, -0.2) is 75.4 Å². The molecule has 0 bridgehead atoms. The number of cyclic esters (lactones) is 1. The second-order valence-electron chi connectivity index (χ2n) is 10.8. The number of carbonyl (C=O) groups excluding carboxylic acids is 2. The predicted molar refractivity (Wildman–Crippen MR) is 139 cm³/mol. The molecule has 2 aliphatic heterocycles. The highest BCUT2D eigenvalue weighted by atomic mass is 32.2. The molecule has 2 aliphatic carbocycles. The number of hydrogen-bond donors (Lipinski definition) is 0. The van der Waals surface area contributed by atoms with Crippen LogP contribution in [0.2, 0.25) is 0 Å². The number of ether oxygens (including phenoxy) is 1. The van der Waals surface area contributed by atoms with E-state index in [1.165, 1.54) is 53.8 Å². The van der Waals surface area contributed by atoms with Crippen molar-refractivity contribution in [3.63, 3.8) is 0 Å². The average Bonchev–Trinajstić information content (AvgIpc) is 3.81. The van der Waals surface area contributed by atoms with Crippen LogP contribution in [0.5, 0.6) is 0 Å². The lowest BCUT2D eigenvalue weighted by Gasteiger charge is -2.36. The van der Waals surface area contributed by atoms with E-state index in [0.29, 0.717) is 43.7 Å². The van der Waals surface area contributed by atoms with Crippen molar-refractivity contribution in [1.29, 1.82) is 0 Å². The van der Waals surface area contributed by atoms with Gasteiger partial charge in [0.15, 0.2) is 9.84 Å². The maximum absolute atomic E-state index is 13.5. The highest BCUT2D eigenvalue weighted by Gasteiger charge is 2.35. The summed E-state index contributed by atoms with van der Waals surface area (Å²) in [5.74, 6) is 1.98. The summed E-state index contributed by atoms with van der Waals surface area (Å²) in [6.07, 6.45) is 7.51. The lowest BCUT2D eigenvalue weighted by Crippen LogP contribution is -2.49. The van der Waals surface area contributed by atoms with Gasteiger partial charge in [-0.2, -0.15) is 0 Å². The van der Waals surface area contributed by atoms with Crippen molar-refractivity contribution in [2.24, 2.45) is 0 Å². The molecule has 10 heteroatoms. The summed E-state index contributed by atoms with van der Waals surface area (Å²) in [5, 5.41) is 0. The summed E-state index contributed by atoms with van der Waals surface area (Å²) in [7, 11) is -3.72. The number of nitrogens with zero attached hydrogens (tertiary/aromatic N) is 4. The first kappa shape index (κ1) is 24.2. The fourth-order valence-electron chi connectivity index (χ4n) is 5.40. The molecule has 3 heterocycles. The van der Waals surface area contributed by atoms with Crippen LogP contribution in [0.1, 0.15) is 65.9 Å². The van der Waals surface area contributed by atoms with Gasteiger partial charge in [0.05, 0.1) is 16.5 Å². The standard InChI is InChI=1S/C27H32N4O5S/c1-17-16-36-27(33)31(17)21-7-8-22(24(14-21)37(2,34)35)26(32)30-11-9-29(10-12-30)25-23(19-5-6-19)13-20(15-28-25)18-3-4-18/h7-8,13-15,17-19H,3-6,9-12,16H2,1-2H3. The van der Waals surface area contributed by atoms with E-state index in [9.17, 15) is 18.0 Å². The van der Waals surface area contributed by atoms with E-state index < -0.39 is 15.9 Å². The van der Waals surface area contributed by atoms with Gasteiger partial charge in [-0.1, -0.05) is 6.07 Å². The number of amides is 2. The highest BCUT2D eigenvalue weighted by molar-refractivity contribution is 7.90. The van der Waals surface area contributed by atoms with Gasteiger partial charge in [0.2, 0.25) is 0 Å². The van der Waals surface area contributed by atoms with Gasteiger partial charge in [0, 0.05) is 44.3 Å². The number of rotatable bonds is 6. The van der Waals surface area contributed by atoms with Gasteiger partial charge in [-0.3, -0.25) is 9.69 Å². The minimum absolute atomic E-state index is 0.0716. The largest absolute Gasteiger partial charge is 0.447 e. The molecule has 196 valence electrons. The van der Waals surface area contributed by atoms with Crippen molar-refractivity contribution in [2.45, 2.75) is 55.4 Å². The first-order chi connectivity index (χ1) is 17.7. The maximum Gasteiger partial charge on any atom is 0.414 e. The van der Waals surface area contributed by atoms with Crippen molar-refractivity contribution < 1.29 is 22.7 Å². The zero-order chi connectivity index (χ0) is 25.9. The molecular formula is C27H32N4O5S. The fourth-order valence-corrected chi connectivity index (χ4v) is 6.29. The summed E-state index contributed by atoms with van der Waals surface area (Å²) in [5.41, 5.74) is 3.23. The van der Waals surface area contributed by atoms with Gasteiger partial charge >= 0.3 is 6.09 Å². The average molecular weight is 525 g/mol. The smallest absolute Gasteiger partial charge is 0.414 e. The van der Waals surface area contributed by atoms with Gasteiger partial charge in [-0.15, -0.1) is 0 Å². The summed E-state index contributed by atoms with van der Waals surface area (Å²) in [6.45, 7) is 4.31. The Morgan fingerprint density at radius 2 is 1.73 bits per heavy atom. The van der Waals surface area contributed by atoms with E-state index >= 15 is 0 Å². The maximum atomic E-state index is 13.5. The third kappa shape index (κ3) is 4.67. The number of carbonyl (C=O) groups is 2. The number of pyridine rings is 1. The fraction of sp³-hybridized carbons (Fsp3) is 0.519. The Balaban J connectivity index is 1.21. The van der Waals surface area contributed by atoms with Gasteiger partial charge < -0.3 is 14.5 Å². The van der Waals surface area contributed by atoms with Crippen molar-refractivity contribution in [3.05, 3.63) is 47.2 Å². The zero-order valence-corrected chi connectivity index (χ0v) is 22.0. The van der Waals surface area contributed by atoms with Crippen LogP contribution in [0, 0.1) is 0 Å². The lowest BCUT2D eigenvalue weighted by molar-refractivity contribution is 0.0742. The van der Waals surface area contributed by atoms with Crippen LogP contribution in [0.15, 0.2) is 35.4 Å². The zero-order valence-electron chi connectivity index (χ0n) is 21.2. The molecule has 1 aromatic carbocycles. The summed E-state index contributed by atoms with van der Waals surface area (Å²) < 4.78 is 30.4. The molecule has 9 nitrogen and oxygen atoms in total. The molecule has 1 unspecified atom stereocenters. The molecule has 0 N–H and O–H groups in total. The van der Waals surface area contributed by atoms with Crippen molar-refractivity contribution in [3.8, 4) is 0 Å². The molecule has 2 amide bonds. The van der Waals surface area contributed by atoms with E-state index in [1.807, 2.05) is 13.1 Å². The topological polar surface area (TPSA) is 100 Å². The van der Waals surface area contributed by atoms with Crippen LogP contribution in [0.25, 0.3) is 0 Å². The van der Waals surface area contributed by atoms with Crippen molar-refractivity contribution in [1.82, 2.24) is 9.88 Å². The Bertz CT molecular complexity index is 1360. The van der Waals surface area contributed by atoms with Gasteiger partial charge in [0.1, 0.15) is 12.4 Å². The van der Waals surface area contributed by atoms with Crippen LogP contribution in [0.3, 0.4) is 0 Å². The number of hydrogen-bond acceptors (Lipinski definition) is 7. The Morgan fingerprint density at radius 1 is 1.03 bits per heavy atom. The molecule has 2 saturated carbocycles. The van der Waals surface area contributed by atoms with Crippen molar-refractivity contribution in [2.75, 3.05) is 48.8 Å². The van der Waals surface area contributed by atoms with Crippen LogP contribution >= 0.6 is 0 Å². The third-order valence-electron chi connectivity index (χ3n) is 7.81. The van der Waals surface area contributed by atoms with Crippen LogP contribution in [-0.2, 0) is 14.6 Å². The number of piperazine rings is 1. The number of sulfone groups is 1. The molecule has 37 heavy (non-hydrogen) atoms. The molecule has 0 spiro atoms. The highest BCUT2D eigenvalue weighted by Crippen LogP contribution is 2.47. The molecular weight excluding hydrogens is 492 g/mol. The Labute approximate surface area is 217 Å². The first-order valence-electron chi connectivity index (χ1n) is 13.0. The third-order valence-corrected chi connectivity index (χ3v) is 8.94. The van der Waals surface area contributed by atoms with E-state index in [2.05, 4.69) is 11.0 Å². The van der Waals surface area contributed by atoms with Gasteiger partial charge in [-0.05, 0) is 73.8 Å². The number of aromatic nitrogens is 1. The molecule has 6 rings (SSSR count). The second kappa shape index (κ2) is 9.01.